The van der Waals surface area contributed by atoms with Crippen molar-refractivity contribution in [3.63, 3.8) is 0 Å². The summed E-state index contributed by atoms with van der Waals surface area (Å²) in [5, 5.41) is 4.97. The molecule has 2 heterocycles. The first-order chi connectivity index (χ1) is 14.7. The largest absolute Gasteiger partial charge is 0.346 e. The molecule has 0 fully saturated rings. The van der Waals surface area contributed by atoms with Crippen LogP contribution in [0.5, 0.6) is 0 Å². The standard InChI is InChI=1S/C25H25N3OS/c1-2-3-5-19-7-9-20(10-8-19)21-11-13-22(14-12-21)28-18-26-17-24(28)25(29)27-16-23-6-4-15-30-23/h4,6-15,17-18H,2-3,5,16H2,1H3,(H,27,29). The van der Waals surface area contributed by atoms with Crippen molar-refractivity contribution in [2.24, 2.45) is 0 Å². The number of rotatable bonds is 8. The van der Waals surface area contributed by atoms with E-state index in [1.54, 1.807) is 23.9 Å². The summed E-state index contributed by atoms with van der Waals surface area (Å²) in [5.74, 6) is -0.132. The van der Waals surface area contributed by atoms with Gasteiger partial charge in [0.25, 0.3) is 5.91 Å². The number of amides is 1. The number of imidazole rings is 1. The van der Waals surface area contributed by atoms with Crippen molar-refractivity contribution in [3.05, 3.63) is 94.7 Å². The second-order valence-corrected chi connectivity index (χ2v) is 8.29. The highest BCUT2D eigenvalue weighted by molar-refractivity contribution is 7.09. The number of nitrogens with one attached hydrogen (secondary N) is 1. The Morgan fingerprint density at radius 3 is 2.43 bits per heavy atom. The lowest BCUT2D eigenvalue weighted by Crippen LogP contribution is -2.24. The fourth-order valence-electron chi connectivity index (χ4n) is 3.40. The van der Waals surface area contributed by atoms with E-state index in [4.69, 9.17) is 0 Å². The molecule has 0 radical (unpaired) electrons. The molecule has 152 valence electrons. The smallest absolute Gasteiger partial charge is 0.270 e. The summed E-state index contributed by atoms with van der Waals surface area (Å²) in [5.41, 5.74) is 5.18. The Hall–Kier alpha value is -3.18. The van der Waals surface area contributed by atoms with E-state index in [2.05, 4.69) is 53.6 Å². The van der Waals surface area contributed by atoms with Crippen LogP contribution in [0.1, 0.15) is 40.7 Å². The van der Waals surface area contributed by atoms with Crippen molar-refractivity contribution in [2.75, 3.05) is 0 Å². The Balaban J connectivity index is 1.47. The highest BCUT2D eigenvalue weighted by Gasteiger charge is 2.13. The number of hydrogen-bond donors (Lipinski definition) is 1. The van der Waals surface area contributed by atoms with Gasteiger partial charge >= 0.3 is 0 Å². The molecule has 1 N–H and O–H groups in total. The molecule has 0 bridgehead atoms. The van der Waals surface area contributed by atoms with Crippen molar-refractivity contribution in [2.45, 2.75) is 32.7 Å². The van der Waals surface area contributed by atoms with E-state index < -0.39 is 0 Å². The number of thiophene rings is 1. The van der Waals surface area contributed by atoms with Gasteiger partial charge in [0, 0.05) is 10.6 Å². The van der Waals surface area contributed by atoms with Gasteiger partial charge < -0.3 is 5.32 Å². The lowest BCUT2D eigenvalue weighted by atomic mass is 10.0. The van der Waals surface area contributed by atoms with Crippen LogP contribution in [0.4, 0.5) is 0 Å². The molecule has 0 saturated heterocycles. The van der Waals surface area contributed by atoms with Crippen LogP contribution in [0.25, 0.3) is 16.8 Å². The van der Waals surface area contributed by atoms with E-state index in [1.807, 2.05) is 34.2 Å². The van der Waals surface area contributed by atoms with Crippen LogP contribution in [0.2, 0.25) is 0 Å². The van der Waals surface area contributed by atoms with E-state index in [0.717, 1.165) is 22.5 Å². The van der Waals surface area contributed by atoms with Crippen LogP contribution in [0, 0.1) is 0 Å². The Morgan fingerprint density at radius 1 is 1.03 bits per heavy atom. The summed E-state index contributed by atoms with van der Waals surface area (Å²) in [7, 11) is 0. The Kier molecular flexibility index (Phi) is 6.40. The van der Waals surface area contributed by atoms with Gasteiger partial charge in [0.05, 0.1) is 19.1 Å². The monoisotopic (exact) mass is 415 g/mol. The molecule has 0 saturated carbocycles. The second-order valence-electron chi connectivity index (χ2n) is 7.26. The predicted octanol–water partition coefficient (Wildman–Crippen LogP) is 5.87. The number of carbonyl (C=O) groups excluding carboxylic acids is 1. The van der Waals surface area contributed by atoms with Crippen LogP contribution in [0.3, 0.4) is 0 Å². The summed E-state index contributed by atoms with van der Waals surface area (Å²) in [6.07, 6.45) is 6.85. The fourth-order valence-corrected chi connectivity index (χ4v) is 4.04. The van der Waals surface area contributed by atoms with Crippen molar-refractivity contribution < 1.29 is 4.79 Å². The minimum absolute atomic E-state index is 0.132. The van der Waals surface area contributed by atoms with Crippen LogP contribution in [-0.4, -0.2) is 15.5 Å². The first kappa shape index (κ1) is 20.1. The van der Waals surface area contributed by atoms with Gasteiger partial charge in [0.1, 0.15) is 5.69 Å². The zero-order chi connectivity index (χ0) is 20.8. The fraction of sp³-hybridized carbons (Fsp3) is 0.200. The number of unbranched alkanes of at least 4 members (excludes halogenated alkanes) is 1. The maximum atomic E-state index is 12.6. The van der Waals surface area contributed by atoms with E-state index >= 15 is 0 Å². The topological polar surface area (TPSA) is 46.9 Å². The number of hydrogen-bond acceptors (Lipinski definition) is 3. The molecule has 4 nitrogen and oxygen atoms in total. The van der Waals surface area contributed by atoms with Crippen molar-refractivity contribution in [1.29, 1.82) is 0 Å². The molecule has 4 rings (SSSR count). The quantitative estimate of drug-likeness (QED) is 0.391. The molecule has 0 aliphatic rings. The van der Waals surface area contributed by atoms with Gasteiger partial charge in [-0.25, -0.2) is 4.98 Å². The van der Waals surface area contributed by atoms with E-state index in [-0.39, 0.29) is 5.91 Å². The third-order valence-corrected chi connectivity index (χ3v) is 6.00. The number of aryl methyl sites for hydroxylation is 1. The van der Waals surface area contributed by atoms with Gasteiger partial charge in [0.2, 0.25) is 0 Å². The third kappa shape index (κ3) is 4.69. The van der Waals surface area contributed by atoms with Crippen LogP contribution in [-0.2, 0) is 13.0 Å². The third-order valence-electron chi connectivity index (χ3n) is 5.13. The van der Waals surface area contributed by atoms with Crippen molar-refractivity contribution in [3.8, 4) is 16.8 Å². The average molecular weight is 416 g/mol. The molecular weight excluding hydrogens is 390 g/mol. The highest BCUT2D eigenvalue weighted by atomic mass is 32.1. The van der Waals surface area contributed by atoms with E-state index in [1.165, 1.54) is 24.0 Å². The Bertz CT molecular complexity index is 1080. The second kappa shape index (κ2) is 9.55. The zero-order valence-electron chi connectivity index (χ0n) is 17.0. The summed E-state index contributed by atoms with van der Waals surface area (Å²) < 4.78 is 1.82. The number of carbonyl (C=O) groups is 1. The average Bonchev–Trinajstić information content (AvgIpc) is 3.49. The van der Waals surface area contributed by atoms with Crippen LogP contribution in [0.15, 0.2) is 78.6 Å². The highest BCUT2D eigenvalue weighted by Crippen LogP contribution is 2.23. The maximum Gasteiger partial charge on any atom is 0.270 e. The summed E-state index contributed by atoms with van der Waals surface area (Å²) in [4.78, 5) is 17.9. The summed E-state index contributed by atoms with van der Waals surface area (Å²) >= 11 is 1.63. The van der Waals surface area contributed by atoms with Gasteiger partial charge in [-0.15, -0.1) is 11.3 Å². The minimum Gasteiger partial charge on any atom is -0.346 e. The molecule has 30 heavy (non-hydrogen) atoms. The Morgan fingerprint density at radius 2 is 1.77 bits per heavy atom. The van der Waals surface area contributed by atoms with Crippen molar-refractivity contribution in [1.82, 2.24) is 14.9 Å². The lowest BCUT2D eigenvalue weighted by molar-refractivity contribution is 0.0944. The molecule has 2 aromatic carbocycles. The van der Waals surface area contributed by atoms with Crippen LogP contribution < -0.4 is 5.32 Å². The molecule has 5 heteroatoms. The molecule has 1 amide bonds. The van der Waals surface area contributed by atoms with Gasteiger partial charge in [-0.3, -0.25) is 9.36 Å². The Labute approximate surface area is 181 Å². The minimum atomic E-state index is -0.132. The predicted molar refractivity (Wildman–Crippen MR) is 123 cm³/mol. The molecule has 0 aliphatic carbocycles. The number of nitrogens with zero attached hydrogens (tertiary/aromatic N) is 2. The number of benzene rings is 2. The number of aromatic nitrogens is 2. The molecule has 4 aromatic rings. The van der Waals surface area contributed by atoms with Crippen LogP contribution >= 0.6 is 11.3 Å². The van der Waals surface area contributed by atoms with Gasteiger partial charge in [-0.05, 0) is 53.1 Å². The molecule has 0 aliphatic heterocycles. The van der Waals surface area contributed by atoms with E-state index in [9.17, 15) is 4.79 Å². The SMILES string of the molecule is CCCCc1ccc(-c2ccc(-n3cncc3C(=O)NCc3cccs3)cc2)cc1. The zero-order valence-corrected chi connectivity index (χ0v) is 17.9. The summed E-state index contributed by atoms with van der Waals surface area (Å²) in [6.45, 7) is 2.74. The normalized spacial score (nSPS) is 10.8. The van der Waals surface area contributed by atoms with Gasteiger partial charge in [-0.1, -0.05) is 55.8 Å². The maximum absolute atomic E-state index is 12.6. The first-order valence-corrected chi connectivity index (χ1v) is 11.1. The molecule has 0 atom stereocenters. The van der Waals surface area contributed by atoms with Gasteiger partial charge in [0.15, 0.2) is 0 Å². The molecule has 0 spiro atoms. The first-order valence-electron chi connectivity index (χ1n) is 10.3. The lowest BCUT2D eigenvalue weighted by Gasteiger charge is -2.10. The van der Waals surface area contributed by atoms with Crippen molar-refractivity contribution >= 4 is 17.2 Å². The molecule has 2 aromatic heterocycles. The summed E-state index contributed by atoms with van der Waals surface area (Å²) in [6, 6.07) is 21.0. The van der Waals surface area contributed by atoms with Gasteiger partial charge in [-0.2, -0.15) is 0 Å². The van der Waals surface area contributed by atoms with E-state index in [0.29, 0.717) is 12.2 Å². The molecule has 0 unspecified atom stereocenters. The molecular formula is C25H25N3OS.